The van der Waals surface area contributed by atoms with Crippen molar-refractivity contribution in [2.24, 2.45) is 5.73 Å². The van der Waals surface area contributed by atoms with Crippen molar-refractivity contribution in [1.29, 1.82) is 0 Å². The van der Waals surface area contributed by atoms with Crippen LogP contribution in [0.5, 0.6) is 11.5 Å². The van der Waals surface area contributed by atoms with E-state index >= 15 is 0 Å². The summed E-state index contributed by atoms with van der Waals surface area (Å²) in [6, 6.07) is 5.06. The van der Waals surface area contributed by atoms with E-state index in [0.717, 1.165) is 0 Å². The first-order valence-electron chi connectivity index (χ1n) is 9.74. The molecule has 0 radical (unpaired) electrons. The van der Waals surface area contributed by atoms with Crippen LogP contribution < -0.4 is 26.3 Å². The summed E-state index contributed by atoms with van der Waals surface area (Å²) >= 11 is 0. The number of hydrogen-bond acceptors (Lipinski definition) is 8. The molecule has 1 aliphatic heterocycles. The van der Waals surface area contributed by atoms with Gasteiger partial charge in [0.1, 0.15) is 28.6 Å². The van der Waals surface area contributed by atoms with Gasteiger partial charge in [-0.15, -0.1) is 0 Å². The second-order valence-electron chi connectivity index (χ2n) is 6.99. The number of methoxy groups -OCH3 is 2. The molecule has 32 heavy (non-hydrogen) atoms. The molecule has 2 heterocycles. The minimum absolute atomic E-state index is 0.0622. The van der Waals surface area contributed by atoms with E-state index < -0.39 is 5.91 Å². The minimum atomic E-state index is -0.787. The SMILES string of the molecule is C=CC(=O)N1CC[C@@H](Nc2nc(N)c(C(N)=O)c(C#Cc3cc(OC)cc(OC)c3)n2)C1. The van der Waals surface area contributed by atoms with Crippen molar-refractivity contribution in [1.82, 2.24) is 14.9 Å². The number of ether oxygens (including phenoxy) is 2. The predicted octanol–water partition coefficient (Wildman–Crippen LogP) is 0.774. The summed E-state index contributed by atoms with van der Waals surface area (Å²) < 4.78 is 10.5. The van der Waals surface area contributed by atoms with Crippen molar-refractivity contribution < 1.29 is 19.1 Å². The Morgan fingerprint density at radius 3 is 2.50 bits per heavy atom. The van der Waals surface area contributed by atoms with Gasteiger partial charge in [0.05, 0.1) is 14.2 Å². The van der Waals surface area contributed by atoms with Crippen LogP contribution in [0.1, 0.15) is 28.0 Å². The van der Waals surface area contributed by atoms with E-state index in [9.17, 15) is 9.59 Å². The monoisotopic (exact) mass is 436 g/mol. The molecule has 1 fully saturated rings. The average Bonchev–Trinajstić information content (AvgIpc) is 3.24. The van der Waals surface area contributed by atoms with Crippen molar-refractivity contribution in [3.05, 3.63) is 47.7 Å². The summed E-state index contributed by atoms with van der Waals surface area (Å²) in [4.78, 5) is 33.9. The number of nitrogen functional groups attached to an aromatic ring is 1. The van der Waals surface area contributed by atoms with Crippen molar-refractivity contribution in [3.63, 3.8) is 0 Å². The highest BCUT2D eigenvalue weighted by Crippen LogP contribution is 2.22. The number of benzene rings is 1. The van der Waals surface area contributed by atoms with Gasteiger partial charge in [0.25, 0.3) is 5.91 Å². The van der Waals surface area contributed by atoms with Crippen LogP contribution in [-0.4, -0.2) is 60.0 Å². The van der Waals surface area contributed by atoms with E-state index in [1.54, 1.807) is 23.1 Å². The molecule has 3 rings (SSSR count). The first kappa shape index (κ1) is 22.4. The van der Waals surface area contributed by atoms with Crippen molar-refractivity contribution in [2.75, 3.05) is 38.4 Å². The summed E-state index contributed by atoms with van der Waals surface area (Å²) in [5.41, 5.74) is 12.1. The number of hydrogen-bond donors (Lipinski definition) is 3. The van der Waals surface area contributed by atoms with E-state index in [1.807, 2.05) is 0 Å². The highest BCUT2D eigenvalue weighted by Gasteiger charge is 2.26. The lowest BCUT2D eigenvalue weighted by molar-refractivity contribution is -0.125. The van der Waals surface area contributed by atoms with Crippen molar-refractivity contribution in [3.8, 4) is 23.3 Å². The summed E-state index contributed by atoms with van der Waals surface area (Å²) in [5, 5.41) is 3.14. The fourth-order valence-corrected chi connectivity index (χ4v) is 3.28. The number of amides is 2. The van der Waals surface area contributed by atoms with Crippen LogP contribution in [0.3, 0.4) is 0 Å². The number of carbonyl (C=O) groups excluding carboxylic acids is 2. The zero-order chi connectivity index (χ0) is 23.3. The molecule has 2 aromatic rings. The fraction of sp³-hybridized carbons (Fsp3) is 0.273. The number of carbonyl (C=O) groups is 2. The van der Waals surface area contributed by atoms with Gasteiger partial charge < -0.3 is 31.2 Å². The number of anilines is 2. The maximum absolute atomic E-state index is 11.9. The lowest BCUT2D eigenvalue weighted by Crippen LogP contribution is -2.30. The first-order chi connectivity index (χ1) is 15.3. The van der Waals surface area contributed by atoms with Crippen LogP contribution in [0.25, 0.3) is 0 Å². The zero-order valence-corrected chi connectivity index (χ0v) is 17.8. The molecule has 0 unspecified atom stereocenters. The normalized spacial score (nSPS) is 14.8. The van der Waals surface area contributed by atoms with Gasteiger partial charge in [0.2, 0.25) is 11.9 Å². The Bertz CT molecular complexity index is 1100. The molecule has 0 saturated carbocycles. The molecular formula is C22H24N6O4. The molecule has 1 aliphatic rings. The number of likely N-dealkylation sites (tertiary alicyclic amines) is 1. The number of aromatic nitrogens is 2. The number of nitrogens with zero attached hydrogens (tertiary/aromatic N) is 3. The summed E-state index contributed by atoms with van der Waals surface area (Å²) in [7, 11) is 3.07. The maximum atomic E-state index is 11.9. The van der Waals surface area contributed by atoms with Crippen LogP contribution in [0, 0.1) is 11.8 Å². The second-order valence-corrected chi connectivity index (χ2v) is 6.99. The Morgan fingerprint density at radius 1 is 1.22 bits per heavy atom. The quantitative estimate of drug-likeness (QED) is 0.445. The van der Waals surface area contributed by atoms with Gasteiger partial charge in [-0.25, -0.2) is 4.98 Å². The van der Waals surface area contributed by atoms with Gasteiger partial charge in [-0.3, -0.25) is 9.59 Å². The molecule has 0 bridgehead atoms. The van der Waals surface area contributed by atoms with Crippen LogP contribution in [0.2, 0.25) is 0 Å². The lowest BCUT2D eigenvalue weighted by atomic mass is 10.1. The standard InChI is InChI=1S/C22H24N6O4/c1-4-18(29)28-8-7-14(12-28)25-22-26-17(19(21(24)30)20(23)27-22)6-5-13-9-15(31-2)11-16(10-13)32-3/h4,9-11,14H,1,7-8,12H2,2-3H3,(H2,24,30)(H3,23,25,26,27)/t14-/m1/s1. The molecule has 0 aliphatic carbocycles. The van der Waals surface area contributed by atoms with Crippen LogP contribution in [0.4, 0.5) is 11.8 Å². The van der Waals surface area contributed by atoms with E-state index in [2.05, 4.69) is 33.7 Å². The smallest absolute Gasteiger partial charge is 0.255 e. The molecule has 166 valence electrons. The van der Waals surface area contributed by atoms with Crippen molar-refractivity contribution in [2.45, 2.75) is 12.5 Å². The maximum Gasteiger partial charge on any atom is 0.255 e. The minimum Gasteiger partial charge on any atom is -0.497 e. The van der Waals surface area contributed by atoms with Gasteiger partial charge in [-0.05, 0) is 30.6 Å². The third kappa shape index (κ3) is 5.07. The Balaban J connectivity index is 1.92. The molecule has 1 atom stereocenters. The molecule has 5 N–H and O–H groups in total. The van der Waals surface area contributed by atoms with Crippen LogP contribution in [-0.2, 0) is 4.79 Å². The summed E-state index contributed by atoms with van der Waals surface area (Å²) in [6.07, 6.45) is 1.98. The Morgan fingerprint density at radius 2 is 1.91 bits per heavy atom. The van der Waals surface area contributed by atoms with E-state index in [4.69, 9.17) is 20.9 Å². The molecule has 1 aromatic heterocycles. The molecule has 1 aromatic carbocycles. The number of rotatable bonds is 6. The van der Waals surface area contributed by atoms with E-state index in [-0.39, 0.29) is 35.0 Å². The van der Waals surface area contributed by atoms with Crippen LogP contribution >= 0.6 is 0 Å². The predicted molar refractivity (Wildman–Crippen MR) is 119 cm³/mol. The Kier molecular flexibility index (Phi) is 6.80. The summed E-state index contributed by atoms with van der Waals surface area (Å²) in [6.45, 7) is 4.56. The van der Waals surface area contributed by atoms with Gasteiger partial charge in [-0.1, -0.05) is 12.5 Å². The average molecular weight is 436 g/mol. The first-order valence-corrected chi connectivity index (χ1v) is 9.74. The Labute approximate surface area is 185 Å². The van der Waals surface area contributed by atoms with E-state index in [0.29, 0.717) is 36.6 Å². The lowest BCUT2D eigenvalue weighted by Gasteiger charge is -2.16. The fourth-order valence-electron chi connectivity index (χ4n) is 3.28. The number of nitrogens with one attached hydrogen (secondary N) is 1. The topological polar surface area (TPSA) is 146 Å². The van der Waals surface area contributed by atoms with Crippen molar-refractivity contribution >= 4 is 23.6 Å². The zero-order valence-electron chi connectivity index (χ0n) is 17.8. The molecular weight excluding hydrogens is 412 g/mol. The molecule has 10 nitrogen and oxygen atoms in total. The van der Waals surface area contributed by atoms with Crippen LogP contribution in [0.15, 0.2) is 30.9 Å². The summed E-state index contributed by atoms with van der Waals surface area (Å²) in [5.74, 6) is 6.08. The molecule has 1 saturated heterocycles. The highest BCUT2D eigenvalue weighted by atomic mass is 16.5. The van der Waals surface area contributed by atoms with E-state index in [1.165, 1.54) is 20.3 Å². The second kappa shape index (κ2) is 9.70. The third-order valence-electron chi connectivity index (χ3n) is 4.87. The van der Waals surface area contributed by atoms with Gasteiger partial charge in [0.15, 0.2) is 0 Å². The Hall–Kier alpha value is -4.26. The van der Waals surface area contributed by atoms with Gasteiger partial charge in [-0.2, -0.15) is 4.98 Å². The molecule has 10 heteroatoms. The third-order valence-corrected chi connectivity index (χ3v) is 4.87. The van der Waals surface area contributed by atoms with Gasteiger partial charge in [0, 0.05) is 30.8 Å². The highest BCUT2D eigenvalue weighted by molar-refractivity contribution is 5.99. The number of nitrogens with two attached hydrogens (primary N) is 2. The van der Waals surface area contributed by atoms with Gasteiger partial charge >= 0.3 is 0 Å². The molecule has 2 amide bonds. The molecule has 0 spiro atoms. The largest absolute Gasteiger partial charge is 0.497 e. The number of primary amides is 1.